The molecule has 0 bridgehead atoms. The van der Waals surface area contributed by atoms with E-state index in [-0.39, 0.29) is 27.9 Å². The third-order valence-corrected chi connectivity index (χ3v) is 6.85. The zero-order valence-electron chi connectivity index (χ0n) is 19.4. The number of alkyl halides is 1. The van der Waals surface area contributed by atoms with Crippen LogP contribution in [0.25, 0.3) is 16.6 Å². The Hall–Kier alpha value is -3.59. The van der Waals surface area contributed by atoms with Crippen molar-refractivity contribution < 1.29 is 14.7 Å². The van der Waals surface area contributed by atoms with E-state index in [2.05, 4.69) is 5.32 Å². The zero-order valence-corrected chi connectivity index (χ0v) is 21.6. The molecule has 0 aliphatic carbocycles. The van der Waals surface area contributed by atoms with Crippen molar-refractivity contribution in [3.05, 3.63) is 108 Å². The summed E-state index contributed by atoms with van der Waals surface area (Å²) in [6, 6.07) is 14.6. The van der Waals surface area contributed by atoms with Gasteiger partial charge in [0.2, 0.25) is 0 Å². The van der Waals surface area contributed by atoms with Crippen molar-refractivity contribution in [1.29, 1.82) is 0 Å². The third-order valence-electron chi connectivity index (χ3n) is 5.92. The number of hydrogen-bond donors (Lipinski definition) is 2. The van der Waals surface area contributed by atoms with Crippen LogP contribution in [0.3, 0.4) is 0 Å². The summed E-state index contributed by atoms with van der Waals surface area (Å²) < 4.78 is 2.42. The lowest BCUT2D eigenvalue weighted by molar-refractivity contribution is -0.139. The van der Waals surface area contributed by atoms with Gasteiger partial charge in [0, 0.05) is 19.3 Å². The summed E-state index contributed by atoms with van der Waals surface area (Å²) in [7, 11) is 1.57. The van der Waals surface area contributed by atoms with E-state index >= 15 is 0 Å². The maximum atomic E-state index is 13.2. The molecule has 0 radical (unpaired) electrons. The van der Waals surface area contributed by atoms with Crippen LogP contribution in [0.4, 0.5) is 0 Å². The van der Waals surface area contributed by atoms with Gasteiger partial charge in [-0.1, -0.05) is 47.5 Å². The molecule has 1 atom stereocenters. The summed E-state index contributed by atoms with van der Waals surface area (Å²) in [4.78, 5) is 50.7. The highest BCUT2D eigenvalue weighted by molar-refractivity contribution is 6.39. The van der Waals surface area contributed by atoms with E-state index in [4.69, 9.17) is 34.8 Å². The van der Waals surface area contributed by atoms with Crippen LogP contribution in [0, 0.1) is 0 Å². The van der Waals surface area contributed by atoms with Gasteiger partial charge in [-0.3, -0.25) is 14.2 Å². The molecule has 0 unspecified atom stereocenters. The zero-order chi connectivity index (χ0) is 26.9. The summed E-state index contributed by atoms with van der Waals surface area (Å²) in [5.74, 6) is -1.76. The highest BCUT2D eigenvalue weighted by atomic mass is 35.5. The van der Waals surface area contributed by atoms with Crippen LogP contribution in [0.15, 0.2) is 70.3 Å². The Morgan fingerprint density at radius 1 is 0.973 bits per heavy atom. The van der Waals surface area contributed by atoms with Crippen molar-refractivity contribution in [1.82, 2.24) is 14.5 Å². The number of carboxylic acid groups (broad SMARTS) is 1. The number of rotatable bonds is 7. The number of nitrogens with one attached hydrogen (secondary N) is 1. The largest absolute Gasteiger partial charge is 0.480 e. The van der Waals surface area contributed by atoms with Gasteiger partial charge in [-0.25, -0.2) is 14.2 Å². The maximum Gasteiger partial charge on any atom is 0.335 e. The number of nitrogens with zero attached hydrogens (tertiary/aromatic N) is 2. The van der Waals surface area contributed by atoms with Crippen molar-refractivity contribution >= 4 is 57.6 Å². The summed E-state index contributed by atoms with van der Waals surface area (Å²) in [5.41, 5.74) is 1.04. The Morgan fingerprint density at radius 2 is 1.59 bits per heavy atom. The van der Waals surface area contributed by atoms with E-state index in [1.54, 1.807) is 55.6 Å². The van der Waals surface area contributed by atoms with Crippen molar-refractivity contribution in [2.24, 2.45) is 7.05 Å². The topological polar surface area (TPSA) is 110 Å². The van der Waals surface area contributed by atoms with E-state index in [1.165, 1.54) is 16.7 Å². The van der Waals surface area contributed by atoms with Crippen LogP contribution in [0.1, 0.15) is 21.5 Å². The van der Waals surface area contributed by atoms with Crippen LogP contribution in [-0.4, -0.2) is 32.2 Å². The normalized spacial score (nSPS) is 11.9. The van der Waals surface area contributed by atoms with Crippen LogP contribution in [-0.2, 0) is 24.1 Å². The fourth-order valence-corrected chi connectivity index (χ4v) is 4.72. The molecule has 1 heterocycles. The molecule has 0 aliphatic heterocycles. The molecule has 37 heavy (non-hydrogen) atoms. The van der Waals surface area contributed by atoms with Crippen LogP contribution >= 0.6 is 34.8 Å². The molecule has 0 spiro atoms. The molecular weight excluding hydrogens is 541 g/mol. The van der Waals surface area contributed by atoms with E-state index in [1.807, 2.05) is 0 Å². The number of aryl methyl sites for hydroxylation is 1. The highest BCUT2D eigenvalue weighted by Crippen LogP contribution is 2.24. The van der Waals surface area contributed by atoms with Gasteiger partial charge in [0.25, 0.3) is 11.5 Å². The third kappa shape index (κ3) is 5.27. The fourth-order valence-electron chi connectivity index (χ4n) is 3.98. The standard InChI is InChI=1S/C26H20Cl3N3O5/c1-31-21-10-7-15(13-27)11-17(21)24(34)32(26(31)37)16-8-5-14(6-9-16)12-20(25(35)36)30-23(33)22-18(28)3-2-4-19(22)29/h2-11,20H,12-13H2,1H3,(H,30,33)(H,35,36)/t20-/m0/s1. The van der Waals surface area contributed by atoms with Gasteiger partial charge in [0.1, 0.15) is 6.04 Å². The van der Waals surface area contributed by atoms with Crippen LogP contribution in [0.2, 0.25) is 10.0 Å². The number of benzene rings is 3. The summed E-state index contributed by atoms with van der Waals surface area (Å²) in [5, 5.41) is 12.6. The second kappa shape index (κ2) is 10.8. The molecule has 0 aliphatic rings. The Bertz CT molecular complexity index is 1620. The first-order chi connectivity index (χ1) is 17.6. The van der Waals surface area contributed by atoms with Crippen molar-refractivity contribution in [2.75, 3.05) is 0 Å². The molecular formula is C26H20Cl3N3O5. The minimum atomic E-state index is -1.28. The van der Waals surface area contributed by atoms with Gasteiger partial charge in [0.15, 0.2) is 0 Å². The smallest absolute Gasteiger partial charge is 0.335 e. The van der Waals surface area contributed by atoms with E-state index in [0.29, 0.717) is 22.2 Å². The van der Waals surface area contributed by atoms with Crippen molar-refractivity contribution in [3.8, 4) is 5.69 Å². The van der Waals surface area contributed by atoms with Crippen LogP contribution < -0.4 is 16.6 Å². The van der Waals surface area contributed by atoms with Gasteiger partial charge in [-0.15, -0.1) is 11.6 Å². The number of carbonyl (C=O) groups is 2. The summed E-state index contributed by atoms with van der Waals surface area (Å²) in [6.45, 7) is 0. The van der Waals surface area contributed by atoms with Gasteiger partial charge in [0.05, 0.1) is 32.2 Å². The fraction of sp³-hybridized carbons (Fsp3) is 0.154. The number of amides is 1. The quantitative estimate of drug-likeness (QED) is 0.330. The average molecular weight is 561 g/mol. The average Bonchev–Trinajstić information content (AvgIpc) is 2.87. The Labute approximate surface area is 225 Å². The number of aromatic nitrogens is 2. The molecule has 8 nitrogen and oxygen atoms in total. The molecule has 1 amide bonds. The molecule has 2 N–H and O–H groups in total. The van der Waals surface area contributed by atoms with E-state index in [9.17, 15) is 24.3 Å². The molecule has 190 valence electrons. The maximum absolute atomic E-state index is 13.2. The summed E-state index contributed by atoms with van der Waals surface area (Å²) in [6.07, 6.45) is -0.0624. The molecule has 3 aromatic carbocycles. The number of carboxylic acids is 1. The first-order valence-corrected chi connectivity index (χ1v) is 12.3. The monoisotopic (exact) mass is 559 g/mol. The molecule has 0 saturated carbocycles. The van der Waals surface area contributed by atoms with E-state index < -0.39 is 29.2 Å². The molecule has 0 fully saturated rings. The SMILES string of the molecule is Cn1c(=O)n(-c2ccc(C[C@H](NC(=O)c3c(Cl)cccc3Cl)C(=O)O)cc2)c(=O)c2cc(CCl)ccc21. The lowest BCUT2D eigenvalue weighted by atomic mass is 10.0. The minimum Gasteiger partial charge on any atom is -0.480 e. The first-order valence-electron chi connectivity index (χ1n) is 11.0. The first kappa shape index (κ1) is 26.5. The Balaban J connectivity index is 1.63. The van der Waals surface area contributed by atoms with Gasteiger partial charge < -0.3 is 10.4 Å². The molecule has 4 rings (SSSR count). The second-order valence-electron chi connectivity index (χ2n) is 8.30. The van der Waals surface area contributed by atoms with Crippen molar-refractivity contribution in [3.63, 3.8) is 0 Å². The minimum absolute atomic E-state index is 0.0173. The number of carbonyl (C=O) groups excluding carboxylic acids is 1. The summed E-state index contributed by atoms with van der Waals surface area (Å²) >= 11 is 18.0. The molecule has 1 aromatic heterocycles. The molecule has 0 saturated heterocycles. The number of halogens is 3. The van der Waals surface area contributed by atoms with Gasteiger partial charge in [-0.05, 0) is 47.5 Å². The predicted molar refractivity (Wildman–Crippen MR) is 143 cm³/mol. The van der Waals surface area contributed by atoms with Gasteiger partial charge in [-0.2, -0.15) is 0 Å². The number of hydrogen-bond acceptors (Lipinski definition) is 4. The highest BCUT2D eigenvalue weighted by Gasteiger charge is 2.24. The Morgan fingerprint density at radius 3 is 2.19 bits per heavy atom. The second-order valence-corrected chi connectivity index (χ2v) is 9.38. The lowest BCUT2D eigenvalue weighted by Gasteiger charge is -2.16. The molecule has 11 heteroatoms. The van der Waals surface area contributed by atoms with E-state index in [0.717, 1.165) is 10.1 Å². The lowest BCUT2D eigenvalue weighted by Crippen LogP contribution is -2.42. The van der Waals surface area contributed by atoms with Crippen LogP contribution in [0.5, 0.6) is 0 Å². The molecule has 4 aromatic rings. The van der Waals surface area contributed by atoms with Crippen molar-refractivity contribution in [2.45, 2.75) is 18.3 Å². The number of aliphatic carboxylic acids is 1. The Kier molecular flexibility index (Phi) is 7.73. The number of fused-ring (bicyclic) bond motifs is 1. The predicted octanol–water partition coefficient (Wildman–Crippen LogP) is 4.16. The van der Waals surface area contributed by atoms with Gasteiger partial charge >= 0.3 is 11.7 Å².